The van der Waals surface area contributed by atoms with Crippen LogP contribution >= 0.6 is 0 Å². The molecule has 140 valence electrons. The fraction of sp³-hybridized carbons (Fsp3) is 0.458. The predicted molar refractivity (Wildman–Crippen MR) is 112 cm³/mol. The minimum absolute atomic E-state index is 0.667. The monoisotopic (exact) mass is 359 g/mol. The summed E-state index contributed by atoms with van der Waals surface area (Å²) in [6.07, 6.45) is 11.5. The number of allylic oxidation sites excluding steroid dienone is 1. The Bertz CT molecular complexity index is 790. The SMILES string of the molecule is C1=C(c2ccc(CCN3CCCC3)cc2)C2CN(c3cccnc3)CC2C1. The number of benzene rings is 1. The number of nitrogens with zero attached hydrogens (tertiary/aromatic N) is 3. The highest BCUT2D eigenvalue weighted by Crippen LogP contribution is 2.44. The first-order valence-corrected chi connectivity index (χ1v) is 10.5. The Labute approximate surface area is 162 Å². The molecule has 3 nitrogen and oxygen atoms in total. The van der Waals surface area contributed by atoms with Gasteiger partial charge in [0.05, 0.1) is 11.9 Å². The van der Waals surface area contributed by atoms with E-state index in [4.69, 9.17) is 0 Å². The van der Waals surface area contributed by atoms with Crippen LogP contribution in [0, 0.1) is 11.8 Å². The van der Waals surface area contributed by atoms with Gasteiger partial charge in [0.15, 0.2) is 0 Å². The molecule has 27 heavy (non-hydrogen) atoms. The second-order valence-corrected chi connectivity index (χ2v) is 8.37. The zero-order valence-electron chi connectivity index (χ0n) is 16.1. The second kappa shape index (κ2) is 7.47. The second-order valence-electron chi connectivity index (χ2n) is 8.37. The van der Waals surface area contributed by atoms with Crippen molar-refractivity contribution in [3.8, 4) is 0 Å². The van der Waals surface area contributed by atoms with E-state index >= 15 is 0 Å². The third-order valence-electron chi connectivity index (χ3n) is 6.69. The summed E-state index contributed by atoms with van der Waals surface area (Å²) < 4.78 is 0. The maximum atomic E-state index is 4.30. The van der Waals surface area contributed by atoms with Gasteiger partial charge in [0, 0.05) is 31.7 Å². The summed E-state index contributed by atoms with van der Waals surface area (Å²) in [7, 11) is 0. The number of fused-ring (bicyclic) bond motifs is 1. The smallest absolute Gasteiger partial charge is 0.0553 e. The number of likely N-dealkylation sites (tertiary alicyclic amines) is 1. The Morgan fingerprint density at radius 3 is 2.63 bits per heavy atom. The molecule has 3 aliphatic rings. The highest BCUT2D eigenvalue weighted by molar-refractivity contribution is 5.71. The predicted octanol–water partition coefficient (Wildman–Crippen LogP) is 4.26. The van der Waals surface area contributed by atoms with Crippen molar-refractivity contribution in [2.24, 2.45) is 11.8 Å². The molecule has 0 saturated carbocycles. The van der Waals surface area contributed by atoms with Gasteiger partial charge in [0.2, 0.25) is 0 Å². The Morgan fingerprint density at radius 2 is 1.85 bits per heavy atom. The molecule has 1 aromatic carbocycles. The third kappa shape index (κ3) is 3.53. The Balaban J connectivity index is 1.24. The zero-order chi connectivity index (χ0) is 18.1. The molecule has 3 heterocycles. The molecule has 0 bridgehead atoms. The number of hydrogen-bond acceptors (Lipinski definition) is 3. The van der Waals surface area contributed by atoms with Gasteiger partial charge in [-0.2, -0.15) is 0 Å². The quantitative estimate of drug-likeness (QED) is 0.795. The van der Waals surface area contributed by atoms with Gasteiger partial charge < -0.3 is 9.80 Å². The lowest BCUT2D eigenvalue weighted by Gasteiger charge is -2.19. The minimum atomic E-state index is 0.667. The summed E-state index contributed by atoms with van der Waals surface area (Å²) >= 11 is 0. The number of pyridine rings is 1. The molecule has 3 heteroatoms. The number of rotatable bonds is 5. The van der Waals surface area contributed by atoms with Crippen LogP contribution in [0.2, 0.25) is 0 Å². The van der Waals surface area contributed by atoms with Crippen LogP contribution in [0.5, 0.6) is 0 Å². The van der Waals surface area contributed by atoms with Gasteiger partial charge >= 0.3 is 0 Å². The third-order valence-corrected chi connectivity index (χ3v) is 6.69. The summed E-state index contributed by atoms with van der Waals surface area (Å²) in [5, 5.41) is 0. The molecular formula is C24H29N3. The van der Waals surface area contributed by atoms with E-state index in [1.807, 2.05) is 18.5 Å². The van der Waals surface area contributed by atoms with Crippen LogP contribution in [0.15, 0.2) is 54.9 Å². The number of aromatic nitrogens is 1. The van der Waals surface area contributed by atoms with Crippen molar-refractivity contribution in [3.63, 3.8) is 0 Å². The molecule has 0 N–H and O–H groups in total. The molecule has 5 rings (SSSR count). The van der Waals surface area contributed by atoms with E-state index < -0.39 is 0 Å². The fourth-order valence-corrected chi connectivity index (χ4v) is 5.13. The van der Waals surface area contributed by atoms with E-state index in [0.29, 0.717) is 5.92 Å². The maximum absolute atomic E-state index is 4.30. The van der Waals surface area contributed by atoms with Gasteiger partial charge in [-0.05, 0) is 73.5 Å². The summed E-state index contributed by atoms with van der Waals surface area (Å²) in [5.74, 6) is 1.43. The first-order chi connectivity index (χ1) is 13.4. The van der Waals surface area contributed by atoms with Crippen molar-refractivity contribution in [3.05, 3.63) is 66.0 Å². The standard InChI is InChI=1S/C24H29N3/c1-2-14-26(13-1)15-11-19-5-7-20(8-6-19)23-10-9-21-17-27(18-24(21)23)22-4-3-12-25-16-22/h3-8,10,12,16,21,24H,1-2,9,11,13-15,17-18H2. The van der Waals surface area contributed by atoms with Gasteiger partial charge in [0.1, 0.15) is 0 Å². The highest BCUT2D eigenvalue weighted by Gasteiger charge is 2.38. The summed E-state index contributed by atoms with van der Waals surface area (Å²) in [5.41, 5.74) is 5.74. The molecule has 2 aliphatic heterocycles. The van der Waals surface area contributed by atoms with E-state index in [1.54, 1.807) is 5.57 Å². The van der Waals surface area contributed by atoms with E-state index in [2.05, 4.69) is 51.2 Å². The maximum Gasteiger partial charge on any atom is 0.0553 e. The van der Waals surface area contributed by atoms with Gasteiger partial charge in [-0.3, -0.25) is 4.98 Å². The molecule has 2 fully saturated rings. The zero-order valence-corrected chi connectivity index (χ0v) is 16.1. The van der Waals surface area contributed by atoms with E-state index in [9.17, 15) is 0 Å². The Hall–Kier alpha value is -2.13. The molecular weight excluding hydrogens is 330 g/mol. The van der Waals surface area contributed by atoms with Crippen molar-refractivity contribution in [1.82, 2.24) is 9.88 Å². The number of anilines is 1. The van der Waals surface area contributed by atoms with Crippen molar-refractivity contribution >= 4 is 11.3 Å². The lowest BCUT2D eigenvalue weighted by molar-refractivity contribution is 0.343. The van der Waals surface area contributed by atoms with Crippen molar-refractivity contribution in [1.29, 1.82) is 0 Å². The van der Waals surface area contributed by atoms with Crippen LogP contribution < -0.4 is 4.90 Å². The molecule has 0 amide bonds. The molecule has 2 atom stereocenters. The summed E-state index contributed by atoms with van der Waals surface area (Å²) in [4.78, 5) is 9.41. The molecule has 2 aromatic rings. The van der Waals surface area contributed by atoms with Crippen LogP contribution in [0.3, 0.4) is 0 Å². The first kappa shape index (κ1) is 17.0. The molecule has 0 radical (unpaired) electrons. The minimum Gasteiger partial charge on any atom is -0.369 e. The van der Waals surface area contributed by atoms with Crippen molar-refractivity contribution in [2.45, 2.75) is 25.7 Å². The van der Waals surface area contributed by atoms with Crippen LogP contribution in [0.4, 0.5) is 5.69 Å². The van der Waals surface area contributed by atoms with Crippen LogP contribution in [-0.4, -0.2) is 42.6 Å². The summed E-state index contributed by atoms with van der Waals surface area (Å²) in [6.45, 7) is 6.08. The van der Waals surface area contributed by atoms with Gasteiger partial charge in [-0.15, -0.1) is 0 Å². The van der Waals surface area contributed by atoms with Crippen LogP contribution in [-0.2, 0) is 6.42 Å². The van der Waals surface area contributed by atoms with Crippen molar-refractivity contribution in [2.75, 3.05) is 37.6 Å². The lowest BCUT2D eigenvalue weighted by atomic mass is 9.90. The van der Waals surface area contributed by atoms with Gasteiger partial charge in [0.25, 0.3) is 0 Å². The van der Waals surface area contributed by atoms with Crippen LogP contribution in [0.25, 0.3) is 5.57 Å². The van der Waals surface area contributed by atoms with E-state index in [1.165, 1.54) is 62.1 Å². The van der Waals surface area contributed by atoms with Crippen LogP contribution in [0.1, 0.15) is 30.4 Å². The average Bonchev–Trinajstić information content (AvgIpc) is 3.45. The fourth-order valence-electron chi connectivity index (χ4n) is 5.13. The normalized spacial score (nSPS) is 25.0. The first-order valence-electron chi connectivity index (χ1n) is 10.5. The topological polar surface area (TPSA) is 19.4 Å². The average molecular weight is 360 g/mol. The van der Waals surface area contributed by atoms with Crippen molar-refractivity contribution < 1.29 is 0 Å². The molecule has 1 aromatic heterocycles. The number of hydrogen-bond donors (Lipinski definition) is 0. The Kier molecular flexibility index (Phi) is 4.71. The molecule has 2 unspecified atom stereocenters. The molecule has 0 spiro atoms. The van der Waals surface area contributed by atoms with E-state index in [0.717, 1.165) is 19.0 Å². The highest BCUT2D eigenvalue weighted by atomic mass is 15.2. The largest absolute Gasteiger partial charge is 0.369 e. The summed E-state index contributed by atoms with van der Waals surface area (Å²) in [6, 6.07) is 13.7. The lowest BCUT2D eigenvalue weighted by Crippen LogP contribution is -2.21. The van der Waals surface area contributed by atoms with E-state index in [-0.39, 0.29) is 0 Å². The van der Waals surface area contributed by atoms with Gasteiger partial charge in [-0.25, -0.2) is 0 Å². The van der Waals surface area contributed by atoms with Gasteiger partial charge in [-0.1, -0.05) is 30.3 Å². The molecule has 2 saturated heterocycles. The molecule has 1 aliphatic carbocycles. The Morgan fingerprint density at radius 1 is 1.00 bits per heavy atom.